The molecule has 10 heteroatoms. The van der Waals surface area contributed by atoms with Crippen LogP contribution < -0.4 is 16.0 Å². The molecule has 0 spiro atoms. The first-order chi connectivity index (χ1) is 61.8. The monoisotopic (exact) mass is 1790 g/mol. The first-order valence-corrected chi connectivity index (χ1v) is 53.9. The third-order valence-electron chi connectivity index (χ3n) is 41.3. The summed E-state index contributed by atoms with van der Waals surface area (Å²) in [6, 6.07) is 10.3. The largest absolute Gasteiger partial charge is 0.481 e. The fourth-order valence-electron chi connectivity index (χ4n) is 33.1. The molecular formula is C121H186N4O6. The van der Waals surface area contributed by atoms with Crippen molar-refractivity contribution in [1.29, 1.82) is 0 Å². The molecule has 10 nitrogen and oxygen atoms in total. The topological polar surface area (TPSA) is 145 Å². The quantitative estimate of drug-likeness (QED) is 0.0802. The van der Waals surface area contributed by atoms with E-state index in [-0.39, 0.29) is 81.7 Å². The number of carbonyl (C=O) groups excluding carboxylic acids is 4. The Morgan fingerprint density at radius 2 is 0.664 bits per heavy atom. The molecule has 15 aliphatic carbocycles. The van der Waals surface area contributed by atoms with Crippen molar-refractivity contribution in [2.45, 2.75) is 394 Å². The van der Waals surface area contributed by atoms with Gasteiger partial charge in [-0.05, 0) is 344 Å². The molecule has 1 aliphatic heterocycles. The van der Waals surface area contributed by atoms with Crippen molar-refractivity contribution in [3.63, 3.8) is 0 Å². The highest BCUT2D eigenvalue weighted by Gasteiger charge is 2.64. The van der Waals surface area contributed by atoms with E-state index >= 15 is 0 Å². The first-order valence-electron chi connectivity index (χ1n) is 53.9. The number of hydrogen-bond acceptors (Lipinski definition) is 5. The van der Waals surface area contributed by atoms with Crippen molar-refractivity contribution < 1.29 is 29.1 Å². The highest BCUT2D eigenvalue weighted by atomic mass is 16.4. The molecule has 4 N–H and O–H groups in total. The number of aliphatic carboxylic acids is 1. The standard InChI is InChI=1S/C27H37NO.C26H43NO.C24H37NO.C24H39NO.C20H30O2/c1-5-25(2)17-14-22-21(18-25)12-13-23-26(22,3)15-9-16-27(23,4)24(29)28-19-20-10-7-6-8-11-20;1-6-8-9-10-18-27-23(28)26(5)16-11-15-25(4)21-14-17-24(3,7-2)19-20(21)12-13-22(25)26;1-5-22(2)14-11-19-18(17-22)9-10-20-23(19,3)12-8-13-24(20,4)21(26)25-15-6-7-16-25;1-7-22(4)14-11-19-18(15-22)9-10-20-23(19,5)12-8-13-24(20,6)21(26)25-16-17(2)3;1-5-18(2)12-9-15-14(13-18)7-8-16-19(15,3)10-6-11-20(16,4)17(21)22/h5-8,10-11,14,21,23H,1,9,12-13,15-19H2,2-4H3,(H,28,29);7,14,20,22H,2,6,8-13,15-19H2,1,3-5H3,(H,27,28);5,11,18,20H,1,6-10,12-17H2,2-4H3;7,11,17-18,20H,1,8-10,12-16H2,2-6H3,(H,25,26);5,9,14,16H,1,6-8,10-13H2,2-4H3,(H,21,22)/t21?,23?,25-,26-,27+;20?,22?,24-,25-,26+;2*18?,20?,22-,23-,24+;14?,16?,18-,19-,20+/m00000/s1. The number of carboxylic acid groups (broad SMARTS) is 1. The van der Waals surface area contributed by atoms with Gasteiger partial charge >= 0.3 is 5.97 Å². The summed E-state index contributed by atoms with van der Waals surface area (Å²) in [6.07, 6.45) is 71.2. The van der Waals surface area contributed by atoms with Gasteiger partial charge in [0.05, 0.1) is 16.2 Å². The van der Waals surface area contributed by atoms with E-state index < -0.39 is 11.4 Å². The van der Waals surface area contributed by atoms with Gasteiger partial charge < -0.3 is 26.0 Å². The van der Waals surface area contributed by atoms with Crippen LogP contribution >= 0.6 is 0 Å². The fraction of sp³-hybridized carbons (Fsp3) is 0.744. The maximum absolute atomic E-state index is 13.5. The average molecular weight is 1790 g/mol. The summed E-state index contributed by atoms with van der Waals surface area (Å²) >= 11 is 0. The summed E-state index contributed by atoms with van der Waals surface area (Å²) in [7, 11) is 0. The summed E-state index contributed by atoms with van der Waals surface area (Å²) in [5.41, 5.74) is 10.2. The zero-order valence-corrected chi connectivity index (χ0v) is 86.5. The Kier molecular flexibility index (Phi) is 31.1. The van der Waals surface area contributed by atoms with Crippen molar-refractivity contribution in [2.24, 2.45) is 146 Å². The van der Waals surface area contributed by atoms with Crippen LogP contribution in [0.1, 0.15) is 393 Å². The van der Waals surface area contributed by atoms with E-state index in [4.69, 9.17) is 0 Å². The van der Waals surface area contributed by atoms with E-state index in [1.165, 1.54) is 166 Å². The Bertz CT molecular complexity index is 4490. The lowest BCUT2D eigenvalue weighted by Gasteiger charge is -2.59. The summed E-state index contributed by atoms with van der Waals surface area (Å²) < 4.78 is 0. The van der Waals surface area contributed by atoms with Crippen molar-refractivity contribution >= 4 is 29.6 Å². The second kappa shape index (κ2) is 39.8. The van der Waals surface area contributed by atoms with Gasteiger partial charge in [-0.3, -0.25) is 24.0 Å². The maximum Gasteiger partial charge on any atom is 0.309 e. The number of carbonyl (C=O) groups is 5. The molecule has 0 bridgehead atoms. The predicted octanol–water partition coefficient (Wildman–Crippen LogP) is 30.1. The number of nitrogens with one attached hydrogen (secondary N) is 3. The van der Waals surface area contributed by atoms with Crippen LogP contribution in [0, 0.1) is 146 Å². The molecule has 0 radical (unpaired) electrons. The van der Waals surface area contributed by atoms with E-state index in [0.29, 0.717) is 89.4 Å². The van der Waals surface area contributed by atoms with Gasteiger partial charge in [0.2, 0.25) is 23.6 Å². The number of nitrogens with zero attached hydrogens (tertiary/aromatic N) is 1. The first kappa shape index (κ1) is 102. The Hall–Kier alpha value is -6.03. The Morgan fingerprint density at radius 3 is 0.969 bits per heavy atom. The molecule has 10 unspecified atom stereocenters. The lowest BCUT2D eigenvalue weighted by atomic mass is 9.46. The minimum absolute atomic E-state index is 0.0941. The zero-order chi connectivity index (χ0) is 95.0. The number of rotatable bonds is 19. The number of allylic oxidation sites excluding steroid dienone is 15. The Labute approximate surface area is 798 Å². The van der Waals surface area contributed by atoms with Crippen LogP contribution in [0.15, 0.2) is 152 Å². The SMILES string of the molecule is C=C[C@@]1(C)CC=C2C(CCC3[C@](C)(C(=O)N4CCCC4)CCC[C@@]23C)C1.C=C[C@@]1(C)CC=C2C(CCC3[C@](C)(C(=O)NCC(C)C)CCC[C@@]23C)C1.C=C[C@@]1(C)CC=C2C(CCC3[C@](C)(C(=O)NCCCCCC)CCC[C@@]23C)C1.C=C[C@@]1(C)CC=C2C(CCC3[C@](C)(C(=O)NCc4ccccc4)CCC[C@@]23C)C1.C=C[C@@]1(C)CC=C2C(CCC3[C@](C)(C(=O)O)CCC[C@@]23C)C1. The van der Waals surface area contributed by atoms with E-state index in [1.807, 2.05) is 25.1 Å². The number of benzene rings is 1. The minimum atomic E-state index is -0.589. The van der Waals surface area contributed by atoms with Crippen molar-refractivity contribution in [3.8, 4) is 0 Å². The van der Waals surface area contributed by atoms with Gasteiger partial charge in [0.15, 0.2) is 0 Å². The molecule has 1 saturated heterocycles. The summed E-state index contributed by atoms with van der Waals surface area (Å²) in [5.74, 6) is 6.87. The summed E-state index contributed by atoms with van der Waals surface area (Å²) in [4.78, 5) is 67.6. The normalized spacial score (nSPS) is 42.7. The molecule has 1 aromatic carbocycles. The average Bonchev–Trinajstić information content (AvgIpc) is 1.31. The molecule has 726 valence electrons. The van der Waals surface area contributed by atoms with Crippen molar-refractivity contribution in [3.05, 3.63) is 157 Å². The van der Waals surface area contributed by atoms with E-state index in [9.17, 15) is 29.1 Å². The van der Waals surface area contributed by atoms with Crippen LogP contribution in [0.3, 0.4) is 0 Å². The molecule has 16 aliphatic rings. The van der Waals surface area contributed by atoms with Gasteiger partial charge in [0, 0.05) is 43.6 Å². The van der Waals surface area contributed by atoms with Crippen molar-refractivity contribution in [2.75, 3.05) is 26.2 Å². The smallest absolute Gasteiger partial charge is 0.309 e. The van der Waals surface area contributed by atoms with E-state index in [0.717, 1.165) is 129 Å². The zero-order valence-electron chi connectivity index (χ0n) is 86.5. The molecule has 1 heterocycles. The number of fused-ring (bicyclic) bond motifs is 15. The highest BCUT2D eigenvalue weighted by molar-refractivity contribution is 5.85. The summed E-state index contributed by atoms with van der Waals surface area (Å²) in [5, 5.41) is 19.7. The van der Waals surface area contributed by atoms with Crippen LogP contribution in [0.2, 0.25) is 0 Å². The number of hydrogen-bond donors (Lipinski definition) is 4. The van der Waals surface area contributed by atoms with E-state index in [1.54, 1.807) is 27.9 Å². The van der Waals surface area contributed by atoms with Crippen LogP contribution in [0.5, 0.6) is 0 Å². The molecule has 0 aromatic heterocycles. The van der Waals surface area contributed by atoms with Crippen LogP contribution in [-0.4, -0.2) is 65.8 Å². The van der Waals surface area contributed by atoms with Crippen LogP contribution in [0.4, 0.5) is 0 Å². The van der Waals surface area contributed by atoms with Crippen molar-refractivity contribution in [1.82, 2.24) is 20.9 Å². The molecule has 1 aromatic rings. The van der Waals surface area contributed by atoms with Crippen LogP contribution in [0.25, 0.3) is 0 Å². The predicted molar refractivity (Wildman–Crippen MR) is 546 cm³/mol. The molecule has 11 fully saturated rings. The van der Waals surface area contributed by atoms with Gasteiger partial charge in [0.25, 0.3) is 0 Å². The van der Waals surface area contributed by atoms with Gasteiger partial charge in [-0.1, -0.05) is 288 Å². The number of carboxylic acids is 1. The van der Waals surface area contributed by atoms with Crippen LogP contribution in [-0.2, 0) is 30.5 Å². The number of likely N-dealkylation sites (tertiary alicyclic amines) is 1. The molecular weight excluding hydrogens is 1610 g/mol. The fourth-order valence-corrected chi connectivity index (χ4v) is 33.1. The van der Waals surface area contributed by atoms with Gasteiger partial charge in [-0.2, -0.15) is 0 Å². The second-order valence-electron chi connectivity index (χ2n) is 51.1. The minimum Gasteiger partial charge on any atom is -0.481 e. The molecule has 17 rings (SSSR count). The maximum atomic E-state index is 13.5. The van der Waals surface area contributed by atoms with Gasteiger partial charge in [-0.25, -0.2) is 0 Å². The Morgan fingerprint density at radius 1 is 0.374 bits per heavy atom. The third-order valence-corrected chi connectivity index (χ3v) is 41.3. The Balaban J connectivity index is 0.000000140. The summed E-state index contributed by atoms with van der Waals surface area (Å²) in [6.45, 7) is 66.3. The number of unbranched alkanes of at least 4 members (excludes halogenated alkanes) is 3. The van der Waals surface area contributed by atoms with Gasteiger partial charge in [0.1, 0.15) is 0 Å². The lowest BCUT2D eigenvalue weighted by Crippen LogP contribution is -2.55. The highest BCUT2D eigenvalue weighted by Crippen LogP contribution is 2.71. The molecule has 131 heavy (non-hydrogen) atoms. The van der Waals surface area contributed by atoms with E-state index in [2.05, 4.69) is 244 Å². The molecule has 4 amide bonds. The van der Waals surface area contributed by atoms with Gasteiger partial charge in [-0.15, -0.1) is 32.9 Å². The second-order valence-corrected chi connectivity index (χ2v) is 51.1. The third kappa shape index (κ3) is 19.8. The number of amides is 4. The lowest BCUT2D eigenvalue weighted by molar-refractivity contribution is -0.160. The molecule has 10 saturated carbocycles. The molecule has 25 atom stereocenters.